The van der Waals surface area contributed by atoms with Gasteiger partial charge in [0.05, 0.1) is 10.9 Å². The summed E-state index contributed by atoms with van der Waals surface area (Å²) in [5.74, 6) is 0.0819. The molecule has 0 saturated heterocycles. The van der Waals surface area contributed by atoms with Crippen LogP contribution in [-0.4, -0.2) is 16.8 Å². The Hall–Kier alpha value is -1.81. The Bertz CT molecular complexity index is 801. The highest BCUT2D eigenvalue weighted by Gasteiger charge is 2.26. The number of halogens is 1. The first-order valence-corrected chi connectivity index (χ1v) is 8.13. The van der Waals surface area contributed by atoms with Gasteiger partial charge in [0.25, 0.3) is 0 Å². The maximum Gasteiger partial charge on any atom is 0.248 e. The minimum Gasteiger partial charge on any atom is -0.326 e. The molecule has 0 aliphatic heterocycles. The van der Waals surface area contributed by atoms with Crippen molar-refractivity contribution in [3.63, 3.8) is 0 Å². The van der Waals surface area contributed by atoms with Gasteiger partial charge in [-0.2, -0.15) is 0 Å². The van der Waals surface area contributed by atoms with Gasteiger partial charge >= 0.3 is 0 Å². The molecule has 2 aromatic rings. The number of anilines is 1. The zero-order valence-electron chi connectivity index (χ0n) is 14.2. The van der Waals surface area contributed by atoms with Crippen LogP contribution in [0.25, 0.3) is 10.9 Å². The molecule has 0 radical (unpaired) electrons. The molecule has 0 spiro atoms. The molecule has 0 fully saturated rings. The molecule has 0 aliphatic rings. The third kappa shape index (κ3) is 3.75. The van der Waals surface area contributed by atoms with Gasteiger partial charge < -0.3 is 10.3 Å². The van der Waals surface area contributed by atoms with E-state index in [1.807, 2.05) is 12.1 Å². The van der Waals surface area contributed by atoms with Crippen molar-refractivity contribution in [2.45, 2.75) is 40.0 Å². The topological polar surface area (TPSA) is 62.0 Å². The Balaban J connectivity index is 2.48. The number of pyridine rings is 1. The van der Waals surface area contributed by atoms with Crippen LogP contribution in [-0.2, 0) is 10.2 Å². The molecule has 1 amide bonds. The van der Waals surface area contributed by atoms with E-state index in [-0.39, 0.29) is 22.8 Å². The summed E-state index contributed by atoms with van der Waals surface area (Å²) in [5, 5.41) is 3.84. The van der Waals surface area contributed by atoms with E-state index in [0.29, 0.717) is 11.2 Å². The normalized spacial score (nSPS) is 12.4. The van der Waals surface area contributed by atoms with Gasteiger partial charge in [0, 0.05) is 23.0 Å². The van der Waals surface area contributed by atoms with Crippen molar-refractivity contribution in [3.8, 4) is 0 Å². The average molecular weight is 335 g/mol. The highest BCUT2D eigenvalue weighted by molar-refractivity contribution is 6.20. The molecule has 0 unspecified atom stereocenters. The highest BCUT2D eigenvalue weighted by Crippen LogP contribution is 2.29. The van der Waals surface area contributed by atoms with Crippen molar-refractivity contribution in [1.29, 1.82) is 0 Å². The molecule has 2 N–H and O–H groups in total. The van der Waals surface area contributed by atoms with Crippen LogP contribution < -0.4 is 10.9 Å². The number of carbonyl (C=O) groups excluding carboxylic acids is 1. The quantitative estimate of drug-likeness (QED) is 0.832. The van der Waals surface area contributed by atoms with Gasteiger partial charge in [0.2, 0.25) is 11.5 Å². The van der Waals surface area contributed by atoms with Crippen molar-refractivity contribution in [2.24, 2.45) is 5.41 Å². The first-order valence-electron chi connectivity index (χ1n) is 7.59. The molecular weight excluding hydrogens is 312 g/mol. The van der Waals surface area contributed by atoms with Crippen LogP contribution in [0.3, 0.4) is 0 Å². The fourth-order valence-corrected chi connectivity index (χ4v) is 2.44. The second kappa shape index (κ2) is 6.00. The number of fused-ring (bicyclic) bond motifs is 1. The number of rotatable bonds is 3. The van der Waals surface area contributed by atoms with Crippen molar-refractivity contribution in [3.05, 3.63) is 40.2 Å². The van der Waals surface area contributed by atoms with Gasteiger partial charge in [-0.1, -0.05) is 26.8 Å². The number of benzene rings is 1. The standard InChI is InChI=1S/C18H23ClN2O2/c1-17(2,3)13-9-15(22)21-14-8-11(6-7-12(13)14)20-16(23)18(4,5)10-19/h6-9H,10H2,1-5H3,(H,20,23)(H,21,22). The molecule has 5 heteroatoms. The molecule has 1 aromatic heterocycles. The van der Waals surface area contributed by atoms with E-state index in [4.69, 9.17) is 11.6 Å². The monoisotopic (exact) mass is 334 g/mol. The number of alkyl halides is 1. The van der Waals surface area contributed by atoms with E-state index < -0.39 is 5.41 Å². The molecule has 1 heterocycles. The Kier molecular flexibility index (Phi) is 4.58. The lowest BCUT2D eigenvalue weighted by molar-refractivity contribution is -0.122. The summed E-state index contributed by atoms with van der Waals surface area (Å²) in [5.41, 5.74) is 1.39. The van der Waals surface area contributed by atoms with Crippen molar-refractivity contribution >= 4 is 34.1 Å². The summed E-state index contributed by atoms with van der Waals surface area (Å²) >= 11 is 5.83. The summed E-state index contributed by atoms with van der Waals surface area (Å²) in [7, 11) is 0. The van der Waals surface area contributed by atoms with Gasteiger partial charge in [-0.05, 0) is 37.0 Å². The van der Waals surface area contributed by atoms with Crippen molar-refractivity contribution < 1.29 is 4.79 Å². The van der Waals surface area contributed by atoms with Crippen LogP contribution in [0.5, 0.6) is 0 Å². The first kappa shape index (κ1) is 17.5. The van der Waals surface area contributed by atoms with E-state index in [0.717, 1.165) is 10.9 Å². The summed E-state index contributed by atoms with van der Waals surface area (Å²) in [4.78, 5) is 27.0. The Morgan fingerprint density at radius 1 is 1.17 bits per heavy atom. The number of hydrogen-bond acceptors (Lipinski definition) is 2. The fourth-order valence-electron chi connectivity index (χ4n) is 2.32. The zero-order valence-corrected chi connectivity index (χ0v) is 15.0. The van der Waals surface area contributed by atoms with E-state index in [1.54, 1.807) is 26.0 Å². The zero-order chi connectivity index (χ0) is 17.4. The van der Waals surface area contributed by atoms with Gasteiger partial charge in [-0.3, -0.25) is 9.59 Å². The maximum absolute atomic E-state index is 12.2. The SMILES string of the molecule is CC(C)(CCl)C(=O)Nc1ccc2c(C(C)(C)C)cc(=O)[nH]c2c1. The van der Waals surface area contributed by atoms with Crippen LogP contribution in [0.2, 0.25) is 0 Å². The van der Waals surface area contributed by atoms with E-state index in [1.165, 1.54) is 0 Å². The Morgan fingerprint density at radius 2 is 1.83 bits per heavy atom. The van der Waals surface area contributed by atoms with Gasteiger partial charge in [-0.15, -0.1) is 11.6 Å². The highest BCUT2D eigenvalue weighted by atomic mass is 35.5. The molecular formula is C18H23ClN2O2. The number of hydrogen-bond donors (Lipinski definition) is 2. The Labute approximate surface area is 141 Å². The second-order valence-corrected chi connectivity index (χ2v) is 7.80. The predicted octanol–water partition coefficient (Wildman–Crippen LogP) is 4.03. The number of nitrogens with one attached hydrogen (secondary N) is 2. The predicted molar refractivity (Wildman–Crippen MR) is 96.4 cm³/mol. The fraction of sp³-hybridized carbons (Fsp3) is 0.444. The molecule has 0 bridgehead atoms. The Morgan fingerprint density at radius 3 is 2.39 bits per heavy atom. The van der Waals surface area contributed by atoms with Crippen LogP contribution >= 0.6 is 11.6 Å². The van der Waals surface area contributed by atoms with Crippen molar-refractivity contribution in [1.82, 2.24) is 4.98 Å². The molecule has 0 atom stereocenters. The minimum atomic E-state index is -0.656. The number of aromatic nitrogens is 1. The summed E-state index contributed by atoms with van der Waals surface area (Å²) in [6, 6.07) is 7.19. The lowest BCUT2D eigenvalue weighted by Crippen LogP contribution is -2.32. The molecule has 23 heavy (non-hydrogen) atoms. The van der Waals surface area contributed by atoms with Crippen LogP contribution in [0.4, 0.5) is 5.69 Å². The number of H-pyrrole nitrogens is 1. The van der Waals surface area contributed by atoms with Gasteiger partial charge in [0.1, 0.15) is 0 Å². The lowest BCUT2D eigenvalue weighted by Gasteiger charge is -2.22. The summed E-state index contributed by atoms with van der Waals surface area (Å²) in [6.07, 6.45) is 0. The lowest BCUT2D eigenvalue weighted by atomic mass is 9.85. The second-order valence-electron chi connectivity index (χ2n) is 7.53. The largest absolute Gasteiger partial charge is 0.326 e. The molecule has 124 valence electrons. The number of aromatic amines is 1. The van der Waals surface area contributed by atoms with Crippen molar-refractivity contribution in [2.75, 3.05) is 11.2 Å². The molecule has 0 saturated carbocycles. The van der Waals surface area contributed by atoms with E-state index >= 15 is 0 Å². The van der Waals surface area contributed by atoms with E-state index in [2.05, 4.69) is 31.1 Å². The van der Waals surface area contributed by atoms with E-state index in [9.17, 15) is 9.59 Å². The number of carbonyl (C=O) groups is 1. The van der Waals surface area contributed by atoms with Crippen LogP contribution in [0, 0.1) is 5.41 Å². The third-order valence-corrected chi connectivity index (χ3v) is 4.53. The maximum atomic E-state index is 12.2. The van der Waals surface area contributed by atoms with Gasteiger partial charge in [0.15, 0.2) is 0 Å². The molecule has 1 aromatic carbocycles. The van der Waals surface area contributed by atoms with Crippen LogP contribution in [0.1, 0.15) is 40.2 Å². The first-order chi connectivity index (χ1) is 10.5. The summed E-state index contributed by atoms with van der Waals surface area (Å²) < 4.78 is 0. The minimum absolute atomic E-state index is 0.141. The van der Waals surface area contributed by atoms with Gasteiger partial charge in [-0.25, -0.2) is 0 Å². The number of amides is 1. The molecule has 0 aliphatic carbocycles. The third-order valence-electron chi connectivity index (χ3n) is 3.86. The summed E-state index contributed by atoms with van der Waals surface area (Å²) in [6.45, 7) is 9.78. The average Bonchev–Trinajstić information content (AvgIpc) is 2.44. The smallest absolute Gasteiger partial charge is 0.248 e. The van der Waals surface area contributed by atoms with Crippen LogP contribution in [0.15, 0.2) is 29.1 Å². The molecule has 2 rings (SSSR count). The molecule has 4 nitrogen and oxygen atoms in total.